The molecule has 0 aliphatic heterocycles. The second kappa shape index (κ2) is 12.8. The fourth-order valence-corrected chi connectivity index (χ4v) is 7.83. The highest BCUT2D eigenvalue weighted by Crippen LogP contribution is 2.47. The maximum absolute atomic E-state index is 15.9. The topological polar surface area (TPSA) is 18.5 Å². The first-order chi connectivity index (χ1) is 19.5. The van der Waals surface area contributed by atoms with Crippen molar-refractivity contribution in [1.82, 2.24) is 0 Å². The first-order valence-corrected chi connectivity index (χ1v) is 16.0. The molecule has 0 fully saturated rings. The molecule has 5 aromatic rings. The Bertz CT molecular complexity index is 1430. The van der Waals surface area contributed by atoms with Crippen LogP contribution in [0.3, 0.4) is 0 Å². The minimum absolute atomic E-state index is 0.195. The van der Waals surface area contributed by atoms with Crippen molar-refractivity contribution < 1.29 is 13.4 Å². The zero-order valence-corrected chi connectivity index (χ0v) is 24.8. The van der Waals surface area contributed by atoms with Gasteiger partial charge in [0.2, 0.25) is 0 Å². The number of hydrogen-bond acceptors (Lipinski definition) is 2. The standard InChI is InChI=1S/C35H33FO2P2/c1-4-35(2,3)31-25-32(36)34(38-40(29-21-13-7-14-22-29)30-23-15-8-16-24-30)26-33(31)37-39(27-17-9-5-10-18-27)28-19-11-6-12-20-28/h5-26H,4H2,1-3H3. The largest absolute Gasteiger partial charge is 0.464 e. The van der Waals surface area contributed by atoms with Gasteiger partial charge in [-0.3, -0.25) is 0 Å². The Morgan fingerprint density at radius 3 is 1.25 bits per heavy atom. The third kappa shape index (κ3) is 6.44. The summed E-state index contributed by atoms with van der Waals surface area (Å²) in [7, 11) is -2.49. The summed E-state index contributed by atoms with van der Waals surface area (Å²) in [4.78, 5) is 0. The van der Waals surface area contributed by atoms with Gasteiger partial charge in [-0.1, -0.05) is 142 Å². The molecule has 0 aromatic heterocycles. The lowest BCUT2D eigenvalue weighted by Crippen LogP contribution is -2.21. The maximum Gasteiger partial charge on any atom is 0.165 e. The Labute approximate surface area is 239 Å². The van der Waals surface area contributed by atoms with E-state index in [0.29, 0.717) is 5.75 Å². The summed E-state index contributed by atoms with van der Waals surface area (Å²) in [5, 5.41) is 4.21. The quantitative estimate of drug-likeness (QED) is 0.158. The molecule has 0 bridgehead atoms. The summed E-state index contributed by atoms with van der Waals surface area (Å²) in [5.74, 6) is 0.464. The molecule has 2 nitrogen and oxygen atoms in total. The number of benzene rings is 5. The normalized spacial score (nSPS) is 11.6. The smallest absolute Gasteiger partial charge is 0.165 e. The van der Waals surface area contributed by atoms with Gasteiger partial charge in [0, 0.05) is 32.8 Å². The van der Waals surface area contributed by atoms with Gasteiger partial charge in [-0.25, -0.2) is 4.39 Å². The van der Waals surface area contributed by atoms with Crippen molar-refractivity contribution in [3.05, 3.63) is 145 Å². The van der Waals surface area contributed by atoms with Gasteiger partial charge < -0.3 is 9.05 Å². The summed E-state index contributed by atoms with van der Waals surface area (Å²) < 4.78 is 29.4. The molecule has 5 rings (SSSR count). The number of hydrogen-bond donors (Lipinski definition) is 0. The highest BCUT2D eigenvalue weighted by atomic mass is 31.1. The minimum atomic E-state index is -1.30. The van der Waals surface area contributed by atoms with Crippen molar-refractivity contribution >= 4 is 37.5 Å². The molecule has 0 saturated carbocycles. The van der Waals surface area contributed by atoms with E-state index in [4.69, 9.17) is 9.05 Å². The molecule has 0 N–H and O–H groups in total. The molecule has 0 atom stereocenters. The lowest BCUT2D eigenvalue weighted by atomic mass is 9.81. The van der Waals surface area contributed by atoms with Crippen LogP contribution >= 0.6 is 16.3 Å². The molecule has 5 aromatic carbocycles. The third-order valence-corrected chi connectivity index (χ3v) is 10.8. The molecule has 5 heteroatoms. The molecular weight excluding hydrogens is 533 g/mol. The Kier molecular flexibility index (Phi) is 8.95. The predicted octanol–water partition coefficient (Wildman–Crippen LogP) is 8.37. The van der Waals surface area contributed by atoms with Crippen molar-refractivity contribution in [2.45, 2.75) is 32.6 Å². The molecule has 0 saturated heterocycles. The van der Waals surface area contributed by atoms with Gasteiger partial charge in [-0.15, -0.1) is 0 Å². The van der Waals surface area contributed by atoms with Gasteiger partial charge >= 0.3 is 0 Å². The van der Waals surface area contributed by atoms with Crippen molar-refractivity contribution in [2.75, 3.05) is 0 Å². The van der Waals surface area contributed by atoms with Crippen molar-refractivity contribution in [1.29, 1.82) is 0 Å². The second-order valence-corrected chi connectivity index (χ2v) is 13.7. The average molecular weight is 567 g/mol. The molecule has 0 aliphatic carbocycles. The molecule has 0 unspecified atom stereocenters. The maximum atomic E-state index is 15.9. The summed E-state index contributed by atoms with van der Waals surface area (Å²) in [6.07, 6.45) is 0.832. The molecule has 202 valence electrons. The first kappa shape index (κ1) is 28.0. The highest BCUT2D eigenvalue weighted by Gasteiger charge is 2.29. The molecule has 0 spiro atoms. The summed E-state index contributed by atoms with van der Waals surface area (Å²) in [5.41, 5.74) is 0.537. The Morgan fingerprint density at radius 1 is 0.550 bits per heavy atom. The molecule has 0 heterocycles. The molecule has 0 amide bonds. The van der Waals surface area contributed by atoms with Crippen LogP contribution in [0.5, 0.6) is 11.5 Å². The zero-order chi connectivity index (χ0) is 28.0. The Balaban J connectivity index is 1.61. The average Bonchev–Trinajstić information content (AvgIpc) is 3.01. The van der Waals surface area contributed by atoms with Crippen molar-refractivity contribution in [3.63, 3.8) is 0 Å². The predicted molar refractivity (Wildman–Crippen MR) is 169 cm³/mol. The summed E-state index contributed by atoms with van der Waals surface area (Å²) in [6, 6.07) is 43.9. The van der Waals surface area contributed by atoms with Crippen LogP contribution in [0, 0.1) is 5.82 Å². The first-order valence-electron chi connectivity index (χ1n) is 13.5. The van der Waals surface area contributed by atoms with Crippen LogP contribution < -0.4 is 30.3 Å². The van der Waals surface area contributed by atoms with Gasteiger partial charge in [0.1, 0.15) is 5.75 Å². The van der Waals surface area contributed by atoms with E-state index in [2.05, 4.69) is 45.0 Å². The van der Waals surface area contributed by atoms with Gasteiger partial charge in [-0.05, 0) is 17.9 Å². The van der Waals surface area contributed by atoms with Gasteiger partial charge in [-0.2, -0.15) is 0 Å². The van der Waals surface area contributed by atoms with E-state index in [0.717, 1.165) is 33.2 Å². The fraction of sp³-hybridized carbons (Fsp3) is 0.143. The van der Waals surface area contributed by atoms with Crippen molar-refractivity contribution in [2.24, 2.45) is 0 Å². The fourth-order valence-electron chi connectivity index (χ4n) is 4.36. The second-order valence-electron chi connectivity index (χ2n) is 10.1. The lowest BCUT2D eigenvalue weighted by molar-refractivity contribution is 0.467. The van der Waals surface area contributed by atoms with E-state index in [-0.39, 0.29) is 17.0 Å². The lowest BCUT2D eigenvalue weighted by Gasteiger charge is -2.29. The van der Waals surface area contributed by atoms with E-state index in [1.54, 1.807) is 12.1 Å². The monoisotopic (exact) mass is 566 g/mol. The van der Waals surface area contributed by atoms with Crippen LogP contribution in [-0.2, 0) is 5.41 Å². The van der Waals surface area contributed by atoms with E-state index in [1.165, 1.54) is 0 Å². The van der Waals surface area contributed by atoms with Crippen LogP contribution in [-0.4, -0.2) is 0 Å². The van der Waals surface area contributed by atoms with Gasteiger partial charge in [0.25, 0.3) is 0 Å². The molecular formula is C35H33FO2P2. The summed E-state index contributed by atoms with van der Waals surface area (Å²) >= 11 is 0. The van der Waals surface area contributed by atoms with Gasteiger partial charge in [0.05, 0.1) is 0 Å². The van der Waals surface area contributed by atoms with Crippen LogP contribution in [0.4, 0.5) is 4.39 Å². The Hall–Kier alpha value is -3.51. The Morgan fingerprint density at radius 2 is 0.900 bits per heavy atom. The van der Waals surface area contributed by atoms with E-state index in [1.807, 2.05) is 97.1 Å². The van der Waals surface area contributed by atoms with E-state index in [9.17, 15) is 0 Å². The zero-order valence-electron chi connectivity index (χ0n) is 23.0. The minimum Gasteiger partial charge on any atom is -0.464 e. The van der Waals surface area contributed by atoms with Crippen LogP contribution in [0.2, 0.25) is 0 Å². The summed E-state index contributed by atoms with van der Waals surface area (Å²) in [6.45, 7) is 6.37. The van der Waals surface area contributed by atoms with E-state index < -0.39 is 16.3 Å². The van der Waals surface area contributed by atoms with Crippen LogP contribution in [0.1, 0.15) is 32.8 Å². The molecule has 40 heavy (non-hydrogen) atoms. The van der Waals surface area contributed by atoms with Crippen LogP contribution in [0.15, 0.2) is 133 Å². The SMILES string of the molecule is CCC(C)(C)c1cc(F)c(OP(c2ccccc2)c2ccccc2)cc1OP(c1ccccc1)c1ccccc1. The number of rotatable bonds is 10. The number of halogens is 1. The molecule has 0 radical (unpaired) electrons. The van der Waals surface area contributed by atoms with E-state index >= 15 is 4.39 Å². The highest BCUT2D eigenvalue weighted by molar-refractivity contribution is 7.69. The van der Waals surface area contributed by atoms with Crippen molar-refractivity contribution in [3.8, 4) is 11.5 Å². The molecule has 0 aliphatic rings. The van der Waals surface area contributed by atoms with Crippen LogP contribution in [0.25, 0.3) is 0 Å². The third-order valence-electron chi connectivity index (χ3n) is 6.99. The van der Waals surface area contributed by atoms with Gasteiger partial charge in [0.15, 0.2) is 27.9 Å².